The van der Waals surface area contributed by atoms with E-state index in [1.165, 1.54) is 10.4 Å². The number of rotatable bonds is 2. The number of hydrogen-bond donors (Lipinski definition) is 2. The molecule has 0 bridgehead atoms. The maximum absolute atomic E-state index is 11.1. The lowest BCUT2D eigenvalue weighted by Gasteiger charge is -2.18. The van der Waals surface area contributed by atoms with Crippen molar-refractivity contribution in [1.29, 1.82) is 0 Å². The van der Waals surface area contributed by atoms with Crippen LogP contribution in [-0.2, 0) is 24.1 Å². The minimum Gasteiger partial charge on any atom is -0.375 e. The summed E-state index contributed by atoms with van der Waals surface area (Å²) in [4.78, 5) is 16.7. The van der Waals surface area contributed by atoms with Crippen molar-refractivity contribution >= 4 is 22.4 Å². The van der Waals surface area contributed by atoms with Gasteiger partial charge in [-0.25, -0.2) is 4.98 Å². The summed E-state index contributed by atoms with van der Waals surface area (Å²) in [7, 11) is 0. The van der Waals surface area contributed by atoms with Gasteiger partial charge in [-0.1, -0.05) is 18.2 Å². The molecule has 0 spiro atoms. The Hall–Kier alpha value is -1.88. The van der Waals surface area contributed by atoms with Crippen LogP contribution in [0.5, 0.6) is 0 Å². The number of anilines is 1. The first kappa shape index (κ1) is 11.2. The second-order valence-electron chi connectivity index (χ2n) is 4.41. The molecule has 1 aliphatic rings. The Kier molecular flexibility index (Phi) is 2.56. The average Bonchev–Trinajstić information content (AvgIpc) is 2.69. The van der Waals surface area contributed by atoms with Gasteiger partial charge in [0.25, 0.3) is 0 Å². The van der Waals surface area contributed by atoms with Gasteiger partial charge >= 0.3 is 0 Å². The van der Waals surface area contributed by atoms with Crippen molar-refractivity contribution in [2.45, 2.75) is 19.3 Å². The van der Waals surface area contributed by atoms with Crippen molar-refractivity contribution in [2.24, 2.45) is 5.73 Å². The standard InChI is InChI=1S/C13H13N3OS/c14-11(17)6-7-2-1-3-9-8(7)4-5-10-12(9)16-13(15)18-10/h1-3H,4-6H2,(H2,14,17)(H2,15,16). The quantitative estimate of drug-likeness (QED) is 0.857. The van der Waals surface area contributed by atoms with Crippen LogP contribution in [-0.4, -0.2) is 10.9 Å². The summed E-state index contributed by atoms with van der Waals surface area (Å²) < 4.78 is 0. The molecule has 18 heavy (non-hydrogen) atoms. The van der Waals surface area contributed by atoms with Gasteiger partial charge in [-0.15, -0.1) is 11.3 Å². The predicted molar refractivity (Wildman–Crippen MR) is 72.3 cm³/mol. The molecule has 1 aromatic heterocycles. The van der Waals surface area contributed by atoms with E-state index in [-0.39, 0.29) is 12.3 Å². The zero-order valence-corrected chi connectivity index (χ0v) is 10.6. The van der Waals surface area contributed by atoms with E-state index in [0.29, 0.717) is 5.13 Å². The second kappa shape index (κ2) is 4.10. The summed E-state index contributed by atoms with van der Waals surface area (Å²) in [5.41, 5.74) is 15.3. The summed E-state index contributed by atoms with van der Waals surface area (Å²) in [6, 6.07) is 5.95. The first-order chi connectivity index (χ1) is 8.65. The highest BCUT2D eigenvalue weighted by atomic mass is 32.1. The number of nitrogens with two attached hydrogens (primary N) is 2. The molecule has 0 unspecified atom stereocenters. The highest BCUT2D eigenvalue weighted by molar-refractivity contribution is 7.15. The van der Waals surface area contributed by atoms with Crippen LogP contribution in [0.2, 0.25) is 0 Å². The average molecular weight is 259 g/mol. The van der Waals surface area contributed by atoms with Crippen LogP contribution in [0.4, 0.5) is 5.13 Å². The van der Waals surface area contributed by atoms with Gasteiger partial charge in [0.05, 0.1) is 12.1 Å². The van der Waals surface area contributed by atoms with Crippen molar-refractivity contribution in [3.05, 3.63) is 34.2 Å². The summed E-state index contributed by atoms with van der Waals surface area (Å²) in [5.74, 6) is -0.299. The lowest BCUT2D eigenvalue weighted by molar-refractivity contribution is -0.117. The lowest BCUT2D eigenvalue weighted by atomic mass is 9.88. The van der Waals surface area contributed by atoms with E-state index >= 15 is 0 Å². The molecule has 0 saturated heterocycles. The van der Waals surface area contributed by atoms with E-state index in [2.05, 4.69) is 4.98 Å². The zero-order valence-electron chi connectivity index (χ0n) is 9.77. The number of hydrogen-bond acceptors (Lipinski definition) is 4. The molecular weight excluding hydrogens is 246 g/mol. The molecule has 4 N–H and O–H groups in total. The zero-order chi connectivity index (χ0) is 12.7. The number of thiazole rings is 1. The highest BCUT2D eigenvalue weighted by Crippen LogP contribution is 2.38. The fourth-order valence-electron chi connectivity index (χ4n) is 2.49. The topological polar surface area (TPSA) is 82.0 Å². The highest BCUT2D eigenvalue weighted by Gasteiger charge is 2.22. The molecule has 3 rings (SSSR count). The Balaban J connectivity index is 2.14. The molecule has 1 heterocycles. The Bertz CT molecular complexity index is 633. The number of aryl methyl sites for hydroxylation is 1. The number of carbonyl (C=O) groups excluding carboxylic acids is 1. The van der Waals surface area contributed by atoms with E-state index in [9.17, 15) is 4.79 Å². The molecule has 1 aliphatic carbocycles. The Morgan fingerprint density at radius 3 is 3.00 bits per heavy atom. The minimum atomic E-state index is -0.299. The molecule has 4 nitrogen and oxygen atoms in total. The fraction of sp³-hybridized carbons (Fsp3) is 0.231. The number of amides is 1. The van der Waals surface area contributed by atoms with Gasteiger partial charge < -0.3 is 11.5 Å². The molecular formula is C13H13N3OS. The molecule has 0 atom stereocenters. The molecule has 92 valence electrons. The molecule has 0 saturated carbocycles. The smallest absolute Gasteiger partial charge is 0.221 e. The Morgan fingerprint density at radius 1 is 1.39 bits per heavy atom. The molecule has 2 aromatic rings. The van der Waals surface area contributed by atoms with Crippen LogP contribution >= 0.6 is 11.3 Å². The first-order valence-electron chi connectivity index (χ1n) is 5.80. The summed E-state index contributed by atoms with van der Waals surface area (Å²) in [5, 5.41) is 0.605. The maximum atomic E-state index is 11.1. The van der Waals surface area contributed by atoms with Gasteiger partial charge in [-0.2, -0.15) is 0 Å². The molecule has 0 aliphatic heterocycles. The van der Waals surface area contributed by atoms with Crippen molar-refractivity contribution in [2.75, 3.05) is 5.73 Å². The summed E-state index contributed by atoms with van der Waals surface area (Å²) >= 11 is 1.55. The number of fused-ring (bicyclic) bond motifs is 3. The van der Waals surface area contributed by atoms with Crippen molar-refractivity contribution < 1.29 is 4.79 Å². The summed E-state index contributed by atoms with van der Waals surface area (Å²) in [6.45, 7) is 0. The normalized spacial score (nSPS) is 12.9. The predicted octanol–water partition coefficient (Wildman–Crippen LogP) is 1.52. The number of nitrogen functional groups attached to an aromatic ring is 1. The van der Waals surface area contributed by atoms with Crippen LogP contribution in [0.3, 0.4) is 0 Å². The maximum Gasteiger partial charge on any atom is 0.221 e. The van der Waals surface area contributed by atoms with Gasteiger partial charge in [-0.3, -0.25) is 4.79 Å². The largest absolute Gasteiger partial charge is 0.375 e. The third-order valence-corrected chi connectivity index (χ3v) is 4.15. The van der Waals surface area contributed by atoms with Crippen molar-refractivity contribution in [3.8, 4) is 11.3 Å². The van der Waals surface area contributed by atoms with Crippen LogP contribution in [0.25, 0.3) is 11.3 Å². The third-order valence-electron chi connectivity index (χ3n) is 3.21. The van der Waals surface area contributed by atoms with E-state index in [4.69, 9.17) is 11.5 Å². The van der Waals surface area contributed by atoms with Crippen LogP contribution in [0.1, 0.15) is 16.0 Å². The minimum absolute atomic E-state index is 0.290. The number of benzene rings is 1. The van der Waals surface area contributed by atoms with E-state index < -0.39 is 0 Å². The van der Waals surface area contributed by atoms with E-state index in [0.717, 1.165) is 29.7 Å². The van der Waals surface area contributed by atoms with Crippen molar-refractivity contribution in [3.63, 3.8) is 0 Å². The second-order valence-corrected chi connectivity index (χ2v) is 5.53. The Morgan fingerprint density at radius 2 is 2.22 bits per heavy atom. The molecule has 0 fully saturated rings. The fourth-order valence-corrected chi connectivity index (χ4v) is 3.34. The molecule has 1 aromatic carbocycles. The lowest BCUT2D eigenvalue weighted by Crippen LogP contribution is -2.16. The van der Waals surface area contributed by atoms with Crippen molar-refractivity contribution in [1.82, 2.24) is 4.98 Å². The van der Waals surface area contributed by atoms with Gasteiger partial charge in [0.1, 0.15) is 0 Å². The van der Waals surface area contributed by atoms with Gasteiger partial charge in [-0.05, 0) is 24.0 Å². The van der Waals surface area contributed by atoms with E-state index in [1.54, 1.807) is 11.3 Å². The Labute approximate surface area is 109 Å². The van der Waals surface area contributed by atoms with Gasteiger partial charge in [0.2, 0.25) is 5.91 Å². The number of aromatic nitrogens is 1. The number of carbonyl (C=O) groups is 1. The van der Waals surface area contributed by atoms with Gasteiger partial charge in [0.15, 0.2) is 5.13 Å². The molecule has 5 heteroatoms. The summed E-state index contributed by atoms with van der Waals surface area (Å²) in [6.07, 6.45) is 2.15. The number of nitrogens with zero attached hydrogens (tertiary/aromatic N) is 1. The SMILES string of the molecule is NC(=O)Cc1cccc2c1CCc1sc(N)nc1-2. The van der Waals surface area contributed by atoms with Gasteiger partial charge in [0, 0.05) is 10.4 Å². The molecule has 1 amide bonds. The van der Waals surface area contributed by atoms with Crippen LogP contribution in [0, 0.1) is 0 Å². The monoisotopic (exact) mass is 259 g/mol. The van der Waals surface area contributed by atoms with Crippen LogP contribution in [0.15, 0.2) is 18.2 Å². The van der Waals surface area contributed by atoms with E-state index in [1.807, 2.05) is 18.2 Å². The van der Waals surface area contributed by atoms with Crippen LogP contribution < -0.4 is 11.5 Å². The first-order valence-corrected chi connectivity index (χ1v) is 6.61. The number of primary amides is 1. The third kappa shape index (κ3) is 1.76. The molecule has 0 radical (unpaired) electrons.